The van der Waals surface area contributed by atoms with Gasteiger partial charge in [0.05, 0.1) is 22.7 Å². The lowest BCUT2D eigenvalue weighted by Gasteiger charge is -2.34. The fourth-order valence-corrected chi connectivity index (χ4v) is 3.67. The topological polar surface area (TPSA) is 69.0 Å². The van der Waals surface area contributed by atoms with Crippen LogP contribution in [-0.4, -0.2) is 31.0 Å². The molecule has 1 unspecified atom stereocenters. The molecular weight excluding hydrogens is 300 g/mol. The molecule has 0 bridgehead atoms. The maximum Gasteiger partial charge on any atom is 0.224 e. The Balaban J connectivity index is 2.13. The van der Waals surface area contributed by atoms with Crippen LogP contribution in [0.25, 0.3) is 10.9 Å². The second-order valence-electron chi connectivity index (χ2n) is 6.51. The van der Waals surface area contributed by atoms with E-state index in [-0.39, 0.29) is 11.8 Å². The summed E-state index contributed by atoms with van der Waals surface area (Å²) in [6.07, 6.45) is 3.49. The summed E-state index contributed by atoms with van der Waals surface area (Å²) in [6.45, 7) is 5.59. The van der Waals surface area contributed by atoms with Crippen LogP contribution >= 0.6 is 0 Å². The van der Waals surface area contributed by atoms with Gasteiger partial charge < -0.3 is 10.2 Å². The largest absolute Gasteiger partial charge is 0.369 e. The molecule has 1 aromatic carbocycles. The molecule has 1 atom stereocenters. The summed E-state index contributed by atoms with van der Waals surface area (Å²) >= 11 is 0. The van der Waals surface area contributed by atoms with Gasteiger partial charge in [0.15, 0.2) is 0 Å². The first kappa shape index (κ1) is 16.3. The van der Waals surface area contributed by atoms with Gasteiger partial charge in [-0.25, -0.2) is 0 Å². The molecule has 5 nitrogen and oxygen atoms in total. The van der Waals surface area contributed by atoms with Gasteiger partial charge in [0, 0.05) is 31.7 Å². The van der Waals surface area contributed by atoms with Gasteiger partial charge in [-0.15, -0.1) is 0 Å². The molecule has 0 saturated carbocycles. The summed E-state index contributed by atoms with van der Waals surface area (Å²) in [4.78, 5) is 18.7. The highest BCUT2D eigenvalue weighted by Crippen LogP contribution is 2.34. The van der Waals surface area contributed by atoms with Crippen LogP contribution in [0.2, 0.25) is 0 Å². The second kappa shape index (κ2) is 6.48. The van der Waals surface area contributed by atoms with Crippen molar-refractivity contribution >= 4 is 22.5 Å². The predicted octanol–water partition coefficient (Wildman–Crippen LogP) is 2.69. The van der Waals surface area contributed by atoms with Crippen molar-refractivity contribution in [3.8, 4) is 6.07 Å². The van der Waals surface area contributed by atoms with E-state index >= 15 is 0 Å². The summed E-state index contributed by atoms with van der Waals surface area (Å²) < 4.78 is 0. The number of piperidine rings is 1. The highest BCUT2D eigenvalue weighted by atomic mass is 16.1. The number of hydrogen-bond donors (Lipinski definition) is 1. The van der Waals surface area contributed by atoms with E-state index in [0.29, 0.717) is 12.1 Å². The van der Waals surface area contributed by atoms with Crippen LogP contribution in [0.5, 0.6) is 0 Å². The van der Waals surface area contributed by atoms with Crippen molar-refractivity contribution < 1.29 is 4.79 Å². The molecule has 24 heavy (non-hydrogen) atoms. The van der Waals surface area contributed by atoms with E-state index in [1.807, 2.05) is 6.92 Å². The van der Waals surface area contributed by atoms with Crippen LogP contribution < -0.4 is 10.2 Å². The molecule has 1 fully saturated rings. The van der Waals surface area contributed by atoms with E-state index in [9.17, 15) is 10.1 Å². The number of pyridine rings is 1. The van der Waals surface area contributed by atoms with Crippen molar-refractivity contribution in [2.75, 3.05) is 25.0 Å². The summed E-state index contributed by atoms with van der Waals surface area (Å²) in [5, 5.41) is 13.3. The number of benzene rings is 1. The summed E-state index contributed by atoms with van der Waals surface area (Å²) in [6, 6.07) is 6.48. The van der Waals surface area contributed by atoms with Crippen LogP contribution in [0.3, 0.4) is 0 Å². The molecule has 2 heterocycles. The van der Waals surface area contributed by atoms with Crippen molar-refractivity contribution in [2.24, 2.45) is 5.92 Å². The number of nitrogens with zero attached hydrogens (tertiary/aromatic N) is 3. The van der Waals surface area contributed by atoms with Crippen molar-refractivity contribution in [3.63, 3.8) is 0 Å². The molecule has 1 N–H and O–H groups in total. The fourth-order valence-electron chi connectivity index (χ4n) is 3.67. The minimum Gasteiger partial charge on any atom is -0.369 e. The number of aromatic nitrogens is 1. The zero-order valence-corrected chi connectivity index (χ0v) is 14.4. The van der Waals surface area contributed by atoms with Crippen molar-refractivity contribution in [1.29, 1.82) is 5.26 Å². The first-order valence-electron chi connectivity index (χ1n) is 8.31. The Hall–Kier alpha value is -2.61. The number of amides is 1. The van der Waals surface area contributed by atoms with E-state index < -0.39 is 0 Å². The Morgan fingerprint density at radius 1 is 1.42 bits per heavy atom. The number of carbonyl (C=O) groups is 1. The molecule has 1 aliphatic heterocycles. The highest BCUT2D eigenvalue weighted by molar-refractivity contribution is 5.97. The molecule has 3 rings (SSSR count). The van der Waals surface area contributed by atoms with E-state index in [1.165, 1.54) is 0 Å². The summed E-state index contributed by atoms with van der Waals surface area (Å²) in [5.74, 6) is 0.0355. The summed E-state index contributed by atoms with van der Waals surface area (Å²) in [7, 11) is 1.68. The molecule has 1 amide bonds. The second-order valence-corrected chi connectivity index (χ2v) is 6.51. The maximum atomic E-state index is 12.1. The summed E-state index contributed by atoms with van der Waals surface area (Å²) in [5.41, 5.74) is 4.68. The number of carbonyl (C=O) groups excluding carboxylic acids is 1. The lowest BCUT2D eigenvalue weighted by Crippen LogP contribution is -2.42. The Labute approximate surface area is 142 Å². The van der Waals surface area contributed by atoms with E-state index in [4.69, 9.17) is 0 Å². The number of fused-ring (bicyclic) bond motifs is 1. The molecule has 5 heteroatoms. The van der Waals surface area contributed by atoms with Gasteiger partial charge in [-0.05, 0) is 38.3 Å². The lowest BCUT2D eigenvalue weighted by atomic mass is 9.95. The van der Waals surface area contributed by atoms with E-state index in [1.54, 1.807) is 13.2 Å². The van der Waals surface area contributed by atoms with Gasteiger partial charge in [-0.3, -0.25) is 9.78 Å². The standard InChI is InChI=1S/C19H22N4O/c1-12-7-13(2)17-16(8-12)18(15(9-20)10-22-17)23-6-4-5-14(11-23)19(24)21-3/h7-8,10,14H,4-6,11H2,1-3H3,(H,21,24). The van der Waals surface area contributed by atoms with Gasteiger partial charge in [0.25, 0.3) is 0 Å². The van der Waals surface area contributed by atoms with Gasteiger partial charge in [0.1, 0.15) is 6.07 Å². The number of anilines is 1. The van der Waals surface area contributed by atoms with Crippen LogP contribution in [-0.2, 0) is 4.79 Å². The average Bonchev–Trinajstić information content (AvgIpc) is 2.59. The Kier molecular flexibility index (Phi) is 4.39. The number of hydrogen-bond acceptors (Lipinski definition) is 4. The normalized spacial score (nSPS) is 17.6. The van der Waals surface area contributed by atoms with Gasteiger partial charge >= 0.3 is 0 Å². The zero-order chi connectivity index (χ0) is 17.3. The van der Waals surface area contributed by atoms with Crippen molar-refractivity contribution in [1.82, 2.24) is 10.3 Å². The Morgan fingerprint density at radius 2 is 2.21 bits per heavy atom. The number of nitriles is 1. The molecule has 1 aliphatic rings. The van der Waals surface area contributed by atoms with Crippen molar-refractivity contribution in [3.05, 3.63) is 35.0 Å². The molecule has 1 aromatic heterocycles. The molecule has 0 radical (unpaired) electrons. The van der Waals surface area contributed by atoms with Gasteiger partial charge in [-0.1, -0.05) is 11.6 Å². The molecule has 0 aliphatic carbocycles. The van der Waals surface area contributed by atoms with E-state index in [0.717, 1.165) is 47.1 Å². The molecule has 124 valence electrons. The first-order chi connectivity index (χ1) is 11.5. The fraction of sp³-hybridized carbons (Fsp3) is 0.421. The van der Waals surface area contributed by atoms with Crippen LogP contribution in [0.1, 0.15) is 29.5 Å². The third-order valence-electron chi connectivity index (χ3n) is 4.75. The quantitative estimate of drug-likeness (QED) is 0.923. The third-order valence-corrected chi connectivity index (χ3v) is 4.75. The SMILES string of the molecule is CNC(=O)C1CCCN(c2c(C#N)cnc3c(C)cc(C)cc23)C1. The smallest absolute Gasteiger partial charge is 0.224 e. The molecule has 1 saturated heterocycles. The van der Waals surface area contributed by atoms with Crippen LogP contribution in [0, 0.1) is 31.1 Å². The lowest BCUT2D eigenvalue weighted by molar-refractivity contribution is -0.124. The monoisotopic (exact) mass is 322 g/mol. The highest BCUT2D eigenvalue weighted by Gasteiger charge is 2.27. The van der Waals surface area contributed by atoms with Crippen LogP contribution in [0.4, 0.5) is 5.69 Å². The number of aryl methyl sites for hydroxylation is 2. The first-order valence-corrected chi connectivity index (χ1v) is 8.31. The Bertz CT molecular complexity index is 837. The average molecular weight is 322 g/mol. The number of nitrogens with one attached hydrogen (secondary N) is 1. The molecular formula is C19H22N4O. The minimum absolute atomic E-state index is 0.0376. The zero-order valence-electron chi connectivity index (χ0n) is 14.4. The third kappa shape index (κ3) is 2.80. The molecule has 0 spiro atoms. The minimum atomic E-state index is -0.0376. The number of rotatable bonds is 2. The predicted molar refractivity (Wildman–Crippen MR) is 94.9 cm³/mol. The molecule has 2 aromatic rings. The maximum absolute atomic E-state index is 12.1. The van der Waals surface area contributed by atoms with Crippen molar-refractivity contribution in [2.45, 2.75) is 26.7 Å². The Morgan fingerprint density at radius 3 is 2.92 bits per heavy atom. The van der Waals surface area contributed by atoms with Crippen LogP contribution in [0.15, 0.2) is 18.3 Å². The van der Waals surface area contributed by atoms with Gasteiger partial charge in [0.2, 0.25) is 5.91 Å². The van der Waals surface area contributed by atoms with E-state index in [2.05, 4.69) is 40.3 Å². The van der Waals surface area contributed by atoms with Gasteiger partial charge in [-0.2, -0.15) is 5.26 Å².